The Labute approximate surface area is 141 Å². The van der Waals surface area contributed by atoms with E-state index in [9.17, 15) is 9.59 Å². The Morgan fingerprint density at radius 1 is 1.35 bits per heavy atom. The molecular formula is C13H17N5O3S2. The number of anilines is 1. The molecular weight excluding hydrogens is 338 g/mol. The van der Waals surface area contributed by atoms with Crippen LogP contribution in [0.2, 0.25) is 0 Å². The van der Waals surface area contributed by atoms with Gasteiger partial charge in [0.1, 0.15) is 5.76 Å². The van der Waals surface area contributed by atoms with Gasteiger partial charge >= 0.3 is 0 Å². The van der Waals surface area contributed by atoms with E-state index in [-0.39, 0.29) is 22.9 Å². The van der Waals surface area contributed by atoms with E-state index in [2.05, 4.69) is 26.0 Å². The number of carbonyl (C=O) groups excluding carboxylic acids is 2. The molecule has 2 aromatic heterocycles. The number of amides is 2. The standard InChI is InChI=1S/C13H17N5O3S2/c1-7-5-8(18-21-7)10(20)14-11-16-17-12(23-11)22-6-9(19)15-13(2,3)4/h5H,6H2,1-4H3,(H,15,19)(H,14,16,20). The molecule has 0 radical (unpaired) electrons. The van der Waals surface area contributed by atoms with Crippen molar-refractivity contribution in [2.45, 2.75) is 37.6 Å². The second-order valence-corrected chi connectivity index (χ2v) is 7.94. The maximum absolute atomic E-state index is 11.9. The van der Waals surface area contributed by atoms with Crippen molar-refractivity contribution in [1.29, 1.82) is 0 Å². The SMILES string of the molecule is Cc1cc(C(=O)Nc2nnc(SCC(=O)NC(C)(C)C)s2)no1. The summed E-state index contributed by atoms with van der Waals surface area (Å²) in [7, 11) is 0. The van der Waals surface area contributed by atoms with Crippen LogP contribution < -0.4 is 10.6 Å². The number of hydrogen-bond acceptors (Lipinski definition) is 8. The summed E-state index contributed by atoms with van der Waals surface area (Å²) in [6.45, 7) is 7.45. The Morgan fingerprint density at radius 3 is 2.70 bits per heavy atom. The van der Waals surface area contributed by atoms with Crippen LogP contribution >= 0.6 is 23.1 Å². The molecule has 0 saturated heterocycles. The van der Waals surface area contributed by atoms with Gasteiger partial charge in [-0.15, -0.1) is 10.2 Å². The molecule has 2 rings (SSSR count). The highest BCUT2D eigenvalue weighted by Crippen LogP contribution is 2.25. The van der Waals surface area contributed by atoms with Gasteiger partial charge in [-0.2, -0.15) is 0 Å². The van der Waals surface area contributed by atoms with Crippen LogP contribution in [0.15, 0.2) is 14.9 Å². The molecule has 0 spiro atoms. The highest BCUT2D eigenvalue weighted by Gasteiger charge is 2.16. The van der Waals surface area contributed by atoms with E-state index in [0.717, 1.165) is 0 Å². The van der Waals surface area contributed by atoms with Crippen molar-refractivity contribution in [3.8, 4) is 0 Å². The number of carbonyl (C=O) groups is 2. The van der Waals surface area contributed by atoms with E-state index < -0.39 is 5.91 Å². The summed E-state index contributed by atoms with van der Waals surface area (Å²) < 4.78 is 5.44. The van der Waals surface area contributed by atoms with E-state index in [1.54, 1.807) is 6.92 Å². The average molecular weight is 355 g/mol. The van der Waals surface area contributed by atoms with Crippen LogP contribution in [-0.2, 0) is 4.79 Å². The summed E-state index contributed by atoms with van der Waals surface area (Å²) in [6.07, 6.45) is 0. The molecule has 0 atom stereocenters. The summed E-state index contributed by atoms with van der Waals surface area (Å²) in [5.74, 6) is 0.289. The fourth-order valence-corrected chi connectivity index (χ4v) is 3.08. The summed E-state index contributed by atoms with van der Waals surface area (Å²) in [4.78, 5) is 23.6. The molecule has 0 unspecified atom stereocenters. The zero-order valence-corrected chi connectivity index (χ0v) is 14.8. The van der Waals surface area contributed by atoms with Crippen molar-refractivity contribution in [2.24, 2.45) is 0 Å². The monoisotopic (exact) mass is 355 g/mol. The second kappa shape index (κ2) is 7.09. The molecule has 0 aliphatic rings. The van der Waals surface area contributed by atoms with E-state index in [4.69, 9.17) is 4.52 Å². The smallest absolute Gasteiger partial charge is 0.279 e. The summed E-state index contributed by atoms with van der Waals surface area (Å²) >= 11 is 2.46. The molecule has 8 nitrogen and oxygen atoms in total. The van der Waals surface area contributed by atoms with Gasteiger partial charge in [0.2, 0.25) is 11.0 Å². The minimum Gasteiger partial charge on any atom is -0.361 e. The average Bonchev–Trinajstić information content (AvgIpc) is 3.03. The molecule has 0 bridgehead atoms. The molecule has 2 amide bonds. The molecule has 10 heteroatoms. The zero-order valence-electron chi connectivity index (χ0n) is 13.2. The lowest BCUT2D eigenvalue weighted by molar-refractivity contribution is -0.119. The van der Waals surface area contributed by atoms with Crippen LogP contribution in [0.3, 0.4) is 0 Å². The Balaban J connectivity index is 1.86. The quantitative estimate of drug-likeness (QED) is 0.624. The summed E-state index contributed by atoms with van der Waals surface area (Å²) in [5.41, 5.74) is -0.0929. The predicted molar refractivity (Wildman–Crippen MR) is 87.7 cm³/mol. The minimum atomic E-state index is -0.417. The van der Waals surface area contributed by atoms with Gasteiger partial charge in [0, 0.05) is 11.6 Å². The van der Waals surface area contributed by atoms with E-state index in [1.165, 1.54) is 29.2 Å². The largest absolute Gasteiger partial charge is 0.361 e. The maximum atomic E-state index is 11.9. The molecule has 2 aromatic rings. The lowest BCUT2D eigenvalue weighted by atomic mass is 10.1. The lowest BCUT2D eigenvalue weighted by Gasteiger charge is -2.19. The first-order chi connectivity index (χ1) is 10.7. The summed E-state index contributed by atoms with van der Waals surface area (Å²) in [5, 5.41) is 17.2. The van der Waals surface area contributed by atoms with Gasteiger partial charge in [-0.1, -0.05) is 28.3 Å². The van der Waals surface area contributed by atoms with Gasteiger partial charge in [0.05, 0.1) is 5.75 Å². The third-order valence-electron chi connectivity index (χ3n) is 2.33. The van der Waals surface area contributed by atoms with Gasteiger partial charge in [0.25, 0.3) is 5.91 Å². The number of hydrogen-bond donors (Lipinski definition) is 2. The van der Waals surface area contributed by atoms with Crippen LogP contribution in [-0.4, -0.2) is 38.5 Å². The first-order valence-electron chi connectivity index (χ1n) is 6.75. The third kappa shape index (κ3) is 5.64. The molecule has 0 saturated carbocycles. The fourth-order valence-electron chi connectivity index (χ4n) is 1.53. The van der Waals surface area contributed by atoms with Crippen molar-refractivity contribution >= 4 is 40.0 Å². The molecule has 0 aliphatic heterocycles. The van der Waals surface area contributed by atoms with E-state index in [0.29, 0.717) is 15.2 Å². The Morgan fingerprint density at radius 2 is 2.09 bits per heavy atom. The van der Waals surface area contributed by atoms with Crippen LogP contribution in [0.4, 0.5) is 5.13 Å². The van der Waals surface area contributed by atoms with E-state index >= 15 is 0 Å². The highest BCUT2D eigenvalue weighted by molar-refractivity contribution is 8.01. The zero-order chi connectivity index (χ0) is 17.0. The highest BCUT2D eigenvalue weighted by atomic mass is 32.2. The van der Waals surface area contributed by atoms with Crippen LogP contribution in [0.25, 0.3) is 0 Å². The van der Waals surface area contributed by atoms with Gasteiger partial charge < -0.3 is 9.84 Å². The molecule has 0 aliphatic carbocycles. The minimum absolute atomic E-state index is 0.0821. The number of nitrogens with one attached hydrogen (secondary N) is 2. The van der Waals surface area contributed by atoms with Gasteiger partial charge in [-0.3, -0.25) is 14.9 Å². The van der Waals surface area contributed by atoms with Crippen molar-refractivity contribution in [1.82, 2.24) is 20.7 Å². The first-order valence-corrected chi connectivity index (χ1v) is 8.55. The topological polar surface area (TPSA) is 110 Å². The van der Waals surface area contributed by atoms with Crippen LogP contribution in [0.1, 0.15) is 37.0 Å². The lowest BCUT2D eigenvalue weighted by Crippen LogP contribution is -2.41. The second-order valence-electron chi connectivity index (χ2n) is 5.74. The molecule has 2 heterocycles. The molecule has 0 fully saturated rings. The van der Waals surface area contributed by atoms with Gasteiger partial charge in [-0.25, -0.2) is 0 Å². The van der Waals surface area contributed by atoms with Gasteiger partial charge in [-0.05, 0) is 27.7 Å². The number of aromatic nitrogens is 3. The van der Waals surface area contributed by atoms with Crippen molar-refractivity contribution in [3.05, 3.63) is 17.5 Å². The van der Waals surface area contributed by atoms with Crippen molar-refractivity contribution < 1.29 is 14.1 Å². The number of thioether (sulfide) groups is 1. The third-order valence-corrected chi connectivity index (χ3v) is 4.30. The Kier molecular flexibility index (Phi) is 5.37. The Hall–Kier alpha value is -1.94. The molecule has 2 N–H and O–H groups in total. The number of nitrogens with zero attached hydrogens (tertiary/aromatic N) is 3. The van der Waals surface area contributed by atoms with Gasteiger partial charge in [0.15, 0.2) is 10.0 Å². The van der Waals surface area contributed by atoms with Crippen LogP contribution in [0.5, 0.6) is 0 Å². The molecule has 124 valence electrons. The Bertz CT molecular complexity index is 705. The molecule has 23 heavy (non-hydrogen) atoms. The number of aryl methyl sites for hydroxylation is 1. The molecule has 0 aromatic carbocycles. The predicted octanol–water partition coefficient (Wildman–Crippen LogP) is 2.09. The normalized spacial score (nSPS) is 11.3. The maximum Gasteiger partial charge on any atom is 0.279 e. The van der Waals surface area contributed by atoms with Crippen LogP contribution in [0, 0.1) is 6.92 Å². The fraction of sp³-hybridized carbons (Fsp3) is 0.462. The first kappa shape index (κ1) is 17.4. The van der Waals surface area contributed by atoms with Crippen molar-refractivity contribution in [2.75, 3.05) is 11.1 Å². The van der Waals surface area contributed by atoms with Crippen molar-refractivity contribution in [3.63, 3.8) is 0 Å². The van der Waals surface area contributed by atoms with E-state index in [1.807, 2.05) is 20.8 Å². The summed E-state index contributed by atoms with van der Waals surface area (Å²) in [6, 6.07) is 1.53. The number of rotatable bonds is 5.